The van der Waals surface area contributed by atoms with Gasteiger partial charge in [0, 0.05) is 59.4 Å². The number of aliphatic hydroxyl groups excluding tert-OH is 1. The van der Waals surface area contributed by atoms with E-state index in [1.807, 2.05) is 6.92 Å². The van der Waals surface area contributed by atoms with Crippen molar-refractivity contribution < 1.29 is 19.7 Å². The van der Waals surface area contributed by atoms with E-state index >= 15 is 0 Å². The smallest absolute Gasteiger partial charge is 0.303 e. The Balaban J connectivity index is 1.50. The van der Waals surface area contributed by atoms with Crippen LogP contribution in [0.4, 0.5) is 0 Å². The first-order valence-corrected chi connectivity index (χ1v) is 17.8. The highest BCUT2D eigenvalue weighted by atomic mass is 16.5. The zero-order valence-corrected chi connectivity index (χ0v) is 29.6. The van der Waals surface area contributed by atoms with Gasteiger partial charge in [-0.1, -0.05) is 40.0 Å². The molecule has 6 aliphatic rings. The van der Waals surface area contributed by atoms with Crippen molar-refractivity contribution in [2.45, 2.75) is 112 Å². The third-order valence-corrected chi connectivity index (χ3v) is 10.8. The number of carbonyl (C=O) groups is 1. The number of nitrogens with zero attached hydrogens (tertiary/aromatic N) is 3. The number of aliphatic carboxylic acids is 1. The molecule has 8 nitrogen and oxygen atoms in total. The van der Waals surface area contributed by atoms with Crippen molar-refractivity contribution in [1.82, 2.24) is 5.32 Å². The minimum atomic E-state index is -0.785. The fraction of sp³-hybridized carbons (Fsp3) is 0.500. The molecule has 5 heterocycles. The molecule has 1 unspecified atom stereocenters. The lowest BCUT2D eigenvalue weighted by atomic mass is 9.85. The number of aliphatic imine (C=N–C) groups is 3. The number of hydrogen-bond donors (Lipinski definition) is 3. The topological polar surface area (TPSA) is 116 Å². The predicted molar refractivity (Wildman–Crippen MR) is 193 cm³/mol. The van der Waals surface area contributed by atoms with Crippen molar-refractivity contribution in [1.29, 1.82) is 0 Å². The minimum Gasteiger partial charge on any atom is -0.511 e. The summed E-state index contributed by atoms with van der Waals surface area (Å²) in [6.45, 7) is 15.7. The standard InChI is InChI=1S/C40H50N4O4/c1-8-10-11-12-16-48-25(7)37-23(5)31-18-30-22(4)27(14-13-15-36(46)47)39(43-30)28-17-35(45)38-24(6)32(44-40(28)38)19-33-26(9-2)21(3)29(41-33)20-34(37)42-31/h18-20,22,25,27,43,45H,8-17H2,1-7H3,(H,46,47)/t22-,25?,27-/m0/s1. The van der Waals surface area contributed by atoms with Crippen molar-refractivity contribution in [3.63, 3.8) is 0 Å². The molecular weight excluding hydrogens is 600 g/mol. The largest absolute Gasteiger partial charge is 0.511 e. The quantitative estimate of drug-likeness (QED) is 0.183. The third-order valence-electron chi connectivity index (χ3n) is 10.8. The van der Waals surface area contributed by atoms with Crippen LogP contribution in [-0.4, -0.2) is 46.0 Å². The fourth-order valence-corrected chi connectivity index (χ4v) is 7.98. The van der Waals surface area contributed by atoms with Crippen molar-refractivity contribution in [2.24, 2.45) is 26.8 Å². The maximum atomic E-state index is 11.5. The molecule has 1 fully saturated rings. The molecule has 0 radical (unpaired) electrons. The van der Waals surface area contributed by atoms with Gasteiger partial charge >= 0.3 is 5.97 Å². The van der Waals surface area contributed by atoms with Gasteiger partial charge < -0.3 is 20.3 Å². The molecule has 8 heteroatoms. The first-order chi connectivity index (χ1) is 23.0. The van der Waals surface area contributed by atoms with E-state index in [-0.39, 0.29) is 24.4 Å². The maximum Gasteiger partial charge on any atom is 0.303 e. The molecule has 0 spiro atoms. The normalized spacial score (nSPS) is 23.9. The number of hydrogen-bond acceptors (Lipinski definition) is 7. The van der Waals surface area contributed by atoms with E-state index in [0.717, 1.165) is 91.9 Å². The second-order valence-electron chi connectivity index (χ2n) is 13.9. The molecule has 6 rings (SSSR count). The summed E-state index contributed by atoms with van der Waals surface area (Å²) in [6, 6.07) is 0. The third kappa shape index (κ3) is 6.15. The molecule has 48 heavy (non-hydrogen) atoms. The number of rotatable bonds is 12. The van der Waals surface area contributed by atoms with Crippen LogP contribution < -0.4 is 5.32 Å². The molecule has 3 N–H and O–H groups in total. The van der Waals surface area contributed by atoms with Crippen LogP contribution in [0.3, 0.4) is 0 Å². The molecule has 0 saturated carbocycles. The Morgan fingerprint density at radius 3 is 2.46 bits per heavy atom. The second kappa shape index (κ2) is 13.8. The summed E-state index contributed by atoms with van der Waals surface area (Å²) < 4.78 is 6.44. The van der Waals surface area contributed by atoms with Gasteiger partial charge in [-0.25, -0.2) is 15.0 Å². The number of ether oxygens (including phenoxy) is 1. The summed E-state index contributed by atoms with van der Waals surface area (Å²) in [5.41, 5.74) is 14.5. The van der Waals surface area contributed by atoms with E-state index in [9.17, 15) is 15.0 Å². The number of unbranched alkanes of at least 4 members (excludes halogenated alkanes) is 3. The van der Waals surface area contributed by atoms with E-state index in [0.29, 0.717) is 31.6 Å². The average Bonchev–Trinajstić information content (AvgIpc) is 3.79. The van der Waals surface area contributed by atoms with Crippen LogP contribution in [0.2, 0.25) is 0 Å². The van der Waals surface area contributed by atoms with Crippen LogP contribution in [-0.2, 0) is 9.53 Å². The molecule has 3 atom stereocenters. The summed E-state index contributed by atoms with van der Waals surface area (Å²) in [5.74, 6) is -0.300. The summed E-state index contributed by atoms with van der Waals surface area (Å²) in [5, 5.41) is 24.5. The minimum absolute atomic E-state index is 0.0591. The summed E-state index contributed by atoms with van der Waals surface area (Å²) >= 11 is 0. The van der Waals surface area contributed by atoms with E-state index in [4.69, 9.17) is 19.7 Å². The monoisotopic (exact) mass is 650 g/mol. The Morgan fingerprint density at radius 1 is 0.979 bits per heavy atom. The highest BCUT2D eigenvalue weighted by molar-refractivity contribution is 6.21. The molecule has 0 aromatic heterocycles. The van der Waals surface area contributed by atoms with Gasteiger partial charge in [0.05, 0.1) is 40.3 Å². The maximum absolute atomic E-state index is 11.5. The molecule has 0 aromatic carbocycles. The number of carboxylic acids is 1. The Morgan fingerprint density at radius 2 is 1.73 bits per heavy atom. The van der Waals surface area contributed by atoms with E-state index in [1.54, 1.807) is 0 Å². The molecule has 1 aliphatic carbocycles. The zero-order valence-electron chi connectivity index (χ0n) is 29.6. The van der Waals surface area contributed by atoms with Crippen LogP contribution in [0, 0.1) is 11.8 Å². The first kappa shape index (κ1) is 33.8. The van der Waals surface area contributed by atoms with Gasteiger partial charge in [0.2, 0.25) is 0 Å². The highest BCUT2D eigenvalue weighted by Gasteiger charge is 2.41. The van der Waals surface area contributed by atoms with E-state index in [2.05, 4.69) is 65.1 Å². The Labute approximate surface area is 285 Å². The van der Waals surface area contributed by atoms with Gasteiger partial charge in [-0.3, -0.25) is 4.79 Å². The van der Waals surface area contributed by atoms with Crippen LogP contribution in [0.15, 0.2) is 106 Å². The van der Waals surface area contributed by atoms with Crippen molar-refractivity contribution in [3.05, 3.63) is 91.5 Å². The number of nitrogens with one attached hydrogen (secondary N) is 1. The second-order valence-corrected chi connectivity index (χ2v) is 13.9. The van der Waals surface area contributed by atoms with Crippen LogP contribution >= 0.6 is 0 Å². The molecule has 0 aromatic rings. The number of allylic oxidation sites excluding steroid dienone is 11. The lowest BCUT2D eigenvalue weighted by molar-refractivity contribution is -0.137. The van der Waals surface area contributed by atoms with Crippen LogP contribution in [0.5, 0.6) is 0 Å². The van der Waals surface area contributed by atoms with Crippen molar-refractivity contribution in [2.75, 3.05) is 6.61 Å². The van der Waals surface area contributed by atoms with Gasteiger partial charge in [-0.15, -0.1) is 0 Å². The number of carboxylic acid groups (broad SMARTS) is 1. The zero-order chi connectivity index (χ0) is 34.3. The van der Waals surface area contributed by atoms with Gasteiger partial charge in [0.15, 0.2) is 0 Å². The van der Waals surface area contributed by atoms with E-state index < -0.39 is 5.97 Å². The highest BCUT2D eigenvalue weighted by Crippen LogP contribution is 2.46. The van der Waals surface area contributed by atoms with Gasteiger partial charge in [0.1, 0.15) is 5.76 Å². The molecule has 0 amide bonds. The SMILES string of the molecule is CCCCCCOC(C)C1=C(C)C2=NC1=CC1=NC(=CC3=C(C)C4=C(O)CC(=C5NC(=C2)[C@@H](C)[C@@H]5CCCC(=O)O)C4=N3)C(CC)=C1C. The number of fused-ring (bicyclic) bond motifs is 5. The van der Waals surface area contributed by atoms with Gasteiger partial charge in [0.25, 0.3) is 0 Å². The molecule has 5 aliphatic heterocycles. The Kier molecular flexibility index (Phi) is 9.75. The number of aliphatic hydroxyl groups is 1. The first-order valence-electron chi connectivity index (χ1n) is 17.8. The van der Waals surface area contributed by atoms with Crippen LogP contribution in [0.1, 0.15) is 106 Å². The van der Waals surface area contributed by atoms with Crippen molar-refractivity contribution >= 4 is 23.1 Å². The fourth-order valence-electron chi connectivity index (χ4n) is 7.98. The molecular formula is C40H50N4O4. The molecule has 254 valence electrons. The lowest BCUT2D eigenvalue weighted by Crippen LogP contribution is -2.15. The summed E-state index contributed by atoms with van der Waals surface area (Å²) in [4.78, 5) is 27.0. The predicted octanol–water partition coefficient (Wildman–Crippen LogP) is 8.90. The summed E-state index contributed by atoms with van der Waals surface area (Å²) in [7, 11) is 0. The Hall–Kier alpha value is -4.04. The van der Waals surface area contributed by atoms with Gasteiger partial charge in [-0.2, -0.15) is 0 Å². The molecule has 1 saturated heterocycles. The van der Waals surface area contributed by atoms with Crippen LogP contribution in [0.25, 0.3) is 0 Å². The lowest BCUT2D eigenvalue weighted by Gasteiger charge is -2.17. The average molecular weight is 651 g/mol. The Bertz CT molecular complexity index is 1790. The van der Waals surface area contributed by atoms with E-state index in [1.165, 1.54) is 24.8 Å². The summed E-state index contributed by atoms with van der Waals surface area (Å²) in [6.07, 6.45) is 13.5. The van der Waals surface area contributed by atoms with Crippen molar-refractivity contribution in [3.8, 4) is 0 Å². The molecule has 8 bridgehead atoms. The van der Waals surface area contributed by atoms with Gasteiger partial charge in [-0.05, 0) is 93.9 Å².